The van der Waals surface area contributed by atoms with Crippen LogP contribution in [-0.4, -0.2) is 8.07 Å². The van der Waals surface area contributed by atoms with E-state index in [-0.39, 0.29) is 0 Å². The van der Waals surface area contributed by atoms with Gasteiger partial charge in [-0.2, -0.15) is 0 Å². The van der Waals surface area contributed by atoms with Crippen molar-refractivity contribution in [1.82, 2.24) is 0 Å². The molecule has 8 atom stereocenters. The summed E-state index contributed by atoms with van der Waals surface area (Å²) in [6.45, 7) is 10.6. The number of benzene rings is 1. The van der Waals surface area contributed by atoms with Gasteiger partial charge < -0.3 is 0 Å². The zero-order chi connectivity index (χ0) is 20.2. The largest absolute Gasteiger partial charge is 0.0808 e. The van der Waals surface area contributed by atoms with E-state index in [0.29, 0.717) is 5.92 Å². The average Bonchev–Trinajstić information content (AvgIpc) is 3.24. The Bertz CT molecular complexity index is 871. The van der Waals surface area contributed by atoms with E-state index in [1.165, 1.54) is 18.4 Å². The topological polar surface area (TPSA) is 0 Å². The normalized spacial score (nSPS) is 40.6. The van der Waals surface area contributed by atoms with Gasteiger partial charge in [-0.15, -0.1) is 0 Å². The molecule has 0 heterocycles. The van der Waals surface area contributed by atoms with Crippen molar-refractivity contribution < 1.29 is 0 Å². The van der Waals surface area contributed by atoms with E-state index < -0.39 is 8.07 Å². The highest BCUT2D eigenvalue weighted by atomic mass is 28.3. The molecule has 0 radical (unpaired) electrons. The highest BCUT2D eigenvalue weighted by molar-refractivity contribution is 6.80. The first kappa shape index (κ1) is 19.4. The molecule has 0 aromatic heterocycles. The fraction of sp³-hybridized carbons (Fsp3) is 0.500. The van der Waals surface area contributed by atoms with Gasteiger partial charge in [0.1, 0.15) is 0 Å². The minimum absolute atomic E-state index is 0.712. The Labute approximate surface area is 178 Å². The van der Waals surface area contributed by atoms with Gasteiger partial charge in [0.05, 0.1) is 8.07 Å². The zero-order valence-electron chi connectivity index (χ0n) is 18.5. The van der Waals surface area contributed by atoms with Crippen molar-refractivity contribution in [2.24, 2.45) is 35.5 Å². The fourth-order valence-corrected chi connectivity index (χ4v) is 14.5. The molecule has 0 spiro atoms. The molecule has 0 amide bonds. The molecule has 4 aliphatic rings. The van der Waals surface area contributed by atoms with Crippen LogP contribution >= 0.6 is 0 Å². The number of hydrogen-bond donors (Lipinski definition) is 0. The van der Waals surface area contributed by atoms with Gasteiger partial charge in [0.2, 0.25) is 0 Å². The van der Waals surface area contributed by atoms with Crippen molar-refractivity contribution in [3.63, 3.8) is 0 Å². The molecule has 2 saturated carbocycles. The molecule has 29 heavy (non-hydrogen) atoms. The van der Waals surface area contributed by atoms with Gasteiger partial charge in [0.15, 0.2) is 0 Å². The second kappa shape index (κ2) is 7.27. The maximum absolute atomic E-state index is 2.75. The molecule has 6 unspecified atom stereocenters. The van der Waals surface area contributed by atoms with E-state index >= 15 is 0 Å². The summed E-state index contributed by atoms with van der Waals surface area (Å²) >= 11 is 0. The van der Waals surface area contributed by atoms with Crippen molar-refractivity contribution in [3.05, 3.63) is 78.4 Å². The van der Waals surface area contributed by atoms with Gasteiger partial charge in [-0.3, -0.25) is 0 Å². The van der Waals surface area contributed by atoms with Crippen LogP contribution in [0.5, 0.6) is 0 Å². The summed E-state index contributed by atoms with van der Waals surface area (Å²) in [4.78, 5) is 0. The van der Waals surface area contributed by atoms with Gasteiger partial charge >= 0.3 is 0 Å². The number of allylic oxidation sites excluding steroid dienone is 8. The van der Waals surface area contributed by atoms with Crippen molar-refractivity contribution >= 4 is 13.6 Å². The Morgan fingerprint density at radius 2 is 1.41 bits per heavy atom. The predicted octanol–water partition coefficient (Wildman–Crippen LogP) is 7.76. The van der Waals surface area contributed by atoms with Gasteiger partial charge in [-0.25, -0.2) is 0 Å². The van der Waals surface area contributed by atoms with Crippen LogP contribution in [0, 0.1) is 35.5 Å². The van der Waals surface area contributed by atoms with Gasteiger partial charge in [0.25, 0.3) is 0 Å². The molecule has 0 saturated heterocycles. The maximum atomic E-state index is 2.75. The first-order chi connectivity index (χ1) is 14.0. The van der Waals surface area contributed by atoms with Crippen LogP contribution in [0.2, 0.25) is 24.2 Å². The molecule has 2 fully saturated rings. The van der Waals surface area contributed by atoms with Crippen LogP contribution in [0.1, 0.15) is 32.3 Å². The standard InChI is InChI=1S/C28H36Si/c1-19-17-22-13-8-9-14-24(22)27(19)29(3,4)28-20(2)18-26-23(15-10-16-25(26)28)21-11-6-5-7-12-21/h5-16,19-20,22,24-28H,17-18H2,1-4H3/t19-,20+,22?,24?,25?,26?,27?,28?/m0/s1. The second-order valence-corrected chi connectivity index (χ2v) is 15.8. The van der Waals surface area contributed by atoms with E-state index in [9.17, 15) is 0 Å². The second-order valence-electron chi connectivity index (χ2n) is 10.9. The molecule has 152 valence electrons. The molecule has 5 rings (SSSR count). The first-order valence-corrected chi connectivity index (χ1v) is 14.9. The third-order valence-electron chi connectivity index (χ3n) is 8.92. The molecule has 4 aliphatic carbocycles. The highest BCUT2D eigenvalue weighted by Gasteiger charge is 2.56. The summed E-state index contributed by atoms with van der Waals surface area (Å²) in [5.74, 6) is 4.73. The summed E-state index contributed by atoms with van der Waals surface area (Å²) in [7, 11) is -1.47. The Balaban J connectivity index is 1.47. The van der Waals surface area contributed by atoms with E-state index in [0.717, 1.165) is 40.7 Å². The number of fused-ring (bicyclic) bond motifs is 2. The quantitative estimate of drug-likeness (QED) is 0.455. The smallest absolute Gasteiger partial charge is 0.0553 e. The lowest BCUT2D eigenvalue weighted by Gasteiger charge is -2.45. The summed E-state index contributed by atoms with van der Waals surface area (Å²) < 4.78 is 0. The third kappa shape index (κ3) is 3.08. The van der Waals surface area contributed by atoms with Crippen LogP contribution in [-0.2, 0) is 0 Å². The minimum Gasteiger partial charge on any atom is -0.0808 e. The molecule has 0 N–H and O–H groups in total. The summed E-state index contributed by atoms with van der Waals surface area (Å²) in [6.07, 6.45) is 19.8. The predicted molar refractivity (Wildman–Crippen MR) is 128 cm³/mol. The molecule has 1 heteroatoms. The lowest BCUT2D eigenvalue weighted by molar-refractivity contribution is 0.493. The van der Waals surface area contributed by atoms with Crippen molar-refractivity contribution in [2.45, 2.75) is 50.9 Å². The molecular weight excluding hydrogens is 364 g/mol. The monoisotopic (exact) mass is 400 g/mol. The molecule has 0 bridgehead atoms. The van der Waals surface area contributed by atoms with E-state index in [2.05, 4.69) is 99.8 Å². The van der Waals surface area contributed by atoms with Gasteiger partial charge in [0, 0.05) is 0 Å². The fourth-order valence-electron chi connectivity index (χ4n) is 8.20. The summed E-state index contributed by atoms with van der Waals surface area (Å²) in [5, 5.41) is 0. The van der Waals surface area contributed by atoms with Crippen molar-refractivity contribution in [3.8, 4) is 0 Å². The first-order valence-electron chi connectivity index (χ1n) is 11.8. The maximum Gasteiger partial charge on any atom is 0.0553 e. The molecule has 1 aromatic rings. The Morgan fingerprint density at radius 3 is 2.21 bits per heavy atom. The van der Waals surface area contributed by atoms with Crippen molar-refractivity contribution in [1.29, 1.82) is 0 Å². The molecule has 0 nitrogen and oxygen atoms in total. The van der Waals surface area contributed by atoms with E-state index in [1.54, 1.807) is 5.57 Å². The lowest BCUT2D eigenvalue weighted by atomic mass is 9.81. The lowest BCUT2D eigenvalue weighted by Crippen LogP contribution is -2.45. The van der Waals surface area contributed by atoms with E-state index in [1.807, 2.05) is 0 Å². The Kier molecular flexibility index (Phi) is 4.85. The van der Waals surface area contributed by atoms with Crippen LogP contribution in [0.15, 0.2) is 72.9 Å². The molecular formula is C28H36Si. The zero-order valence-corrected chi connectivity index (χ0v) is 19.5. The van der Waals surface area contributed by atoms with Crippen LogP contribution in [0.4, 0.5) is 0 Å². The third-order valence-corrected chi connectivity index (χ3v) is 14.3. The number of hydrogen-bond acceptors (Lipinski definition) is 0. The summed E-state index contributed by atoms with van der Waals surface area (Å²) in [6, 6.07) is 11.2. The van der Waals surface area contributed by atoms with Gasteiger partial charge in [-0.05, 0) is 70.6 Å². The van der Waals surface area contributed by atoms with E-state index in [4.69, 9.17) is 0 Å². The van der Waals surface area contributed by atoms with Crippen LogP contribution in [0.3, 0.4) is 0 Å². The Hall–Kier alpha value is -1.60. The van der Waals surface area contributed by atoms with Gasteiger partial charge in [-0.1, -0.05) is 99.8 Å². The molecule has 1 aromatic carbocycles. The molecule has 0 aliphatic heterocycles. The Morgan fingerprint density at radius 1 is 0.759 bits per heavy atom. The average molecular weight is 401 g/mol. The van der Waals surface area contributed by atoms with Crippen LogP contribution < -0.4 is 0 Å². The number of rotatable bonds is 3. The minimum atomic E-state index is -1.47. The SMILES string of the molecule is C[C@@H]1CC2C(c3ccccc3)=CC=CC2C1[Si](C)(C)C1C2C=CC=CC2C[C@@H]1C. The summed E-state index contributed by atoms with van der Waals surface area (Å²) in [5.41, 5.74) is 4.84. The van der Waals surface area contributed by atoms with Crippen LogP contribution in [0.25, 0.3) is 5.57 Å². The van der Waals surface area contributed by atoms with Crippen molar-refractivity contribution in [2.75, 3.05) is 0 Å². The highest BCUT2D eigenvalue weighted by Crippen LogP contribution is 2.63.